The number of aliphatic carboxylic acids is 3. The van der Waals surface area contributed by atoms with Gasteiger partial charge in [-0.1, -0.05) is 58.0 Å². The number of carbonyl (C=O) groups is 3. The number of hydroxylamine groups is 2. The van der Waals surface area contributed by atoms with Crippen molar-refractivity contribution in [1.82, 2.24) is 19.8 Å². The Kier molecular flexibility index (Phi) is 16.8. The van der Waals surface area contributed by atoms with Crippen molar-refractivity contribution in [2.45, 2.75) is 59.0 Å². The molecule has 0 bridgehead atoms. The highest BCUT2D eigenvalue weighted by Crippen LogP contribution is 2.25. The van der Waals surface area contributed by atoms with Crippen LogP contribution in [-0.4, -0.2) is 123 Å². The summed E-state index contributed by atoms with van der Waals surface area (Å²) in [6.45, 7) is 13.5. The van der Waals surface area contributed by atoms with Gasteiger partial charge < -0.3 is 30.0 Å². The number of hydrogen-bond donors (Lipinski definition) is 3. The van der Waals surface area contributed by atoms with Gasteiger partial charge in [-0.3, -0.25) is 9.59 Å². The summed E-state index contributed by atoms with van der Waals surface area (Å²) in [5, 5.41) is 39.6. The molecule has 13 nitrogen and oxygen atoms in total. The van der Waals surface area contributed by atoms with Crippen LogP contribution in [0.5, 0.6) is 0 Å². The number of nitriles is 1. The molecular formula is C29H46N6O7. The second kappa shape index (κ2) is 19.4. The van der Waals surface area contributed by atoms with E-state index < -0.39 is 36.4 Å². The van der Waals surface area contributed by atoms with Gasteiger partial charge in [0.1, 0.15) is 0 Å². The normalized spacial score (nSPS) is 11.9. The van der Waals surface area contributed by atoms with Crippen LogP contribution in [0.4, 0.5) is 0 Å². The monoisotopic (exact) mass is 590 g/mol. The topological polar surface area (TPSA) is 170 Å². The molecule has 0 aliphatic heterocycles. The van der Waals surface area contributed by atoms with E-state index in [1.54, 1.807) is 6.19 Å². The number of aryl methyl sites for hydroxylation is 1. The standard InChI is InChI=1S/C29H46N6O7/c1-5-32(6-2)18-16-31-28(35(23-30)42-29(27(40)41,21-25(36)37)22-26(38)39)34(20-19-33(7-3)8-4)17-12-15-24-13-10-9-11-14-24/h9-11,13-14H,5-8,12,15-22H2,1-4H3,(H,36,37)(H,38,39)(H,40,41). The van der Waals surface area contributed by atoms with Gasteiger partial charge in [-0.25, -0.2) is 14.6 Å². The minimum atomic E-state index is -2.73. The largest absolute Gasteiger partial charge is 0.481 e. The average molecular weight is 591 g/mol. The summed E-state index contributed by atoms with van der Waals surface area (Å²) in [4.78, 5) is 51.9. The predicted molar refractivity (Wildman–Crippen MR) is 158 cm³/mol. The summed E-state index contributed by atoms with van der Waals surface area (Å²) in [7, 11) is 0. The Morgan fingerprint density at radius 1 is 0.857 bits per heavy atom. The molecular weight excluding hydrogens is 544 g/mol. The number of benzene rings is 1. The van der Waals surface area contributed by atoms with Crippen molar-refractivity contribution in [2.24, 2.45) is 4.99 Å². The molecule has 1 aromatic carbocycles. The quantitative estimate of drug-likeness (QED) is 0.0629. The Labute approximate surface area is 248 Å². The zero-order valence-corrected chi connectivity index (χ0v) is 25.2. The maximum Gasteiger partial charge on any atom is 0.340 e. The van der Waals surface area contributed by atoms with Gasteiger partial charge in [0.25, 0.3) is 0 Å². The van der Waals surface area contributed by atoms with Gasteiger partial charge >= 0.3 is 17.9 Å². The fourth-order valence-corrected chi connectivity index (χ4v) is 4.44. The van der Waals surface area contributed by atoms with Crippen LogP contribution < -0.4 is 0 Å². The van der Waals surface area contributed by atoms with Gasteiger partial charge in [0.05, 0.1) is 19.4 Å². The number of carboxylic acid groups (broad SMARTS) is 3. The molecule has 0 saturated carbocycles. The van der Waals surface area contributed by atoms with Crippen molar-refractivity contribution in [3.8, 4) is 6.19 Å². The van der Waals surface area contributed by atoms with Crippen LogP contribution in [0, 0.1) is 11.5 Å². The van der Waals surface area contributed by atoms with E-state index >= 15 is 0 Å². The highest BCUT2D eigenvalue weighted by Gasteiger charge is 2.48. The van der Waals surface area contributed by atoms with Crippen LogP contribution in [0.2, 0.25) is 0 Å². The highest BCUT2D eigenvalue weighted by molar-refractivity contribution is 5.89. The van der Waals surface area contributed by atoms with E-state index in [4.69, 9.17) is 4.84 Å². The summed E-state index contributed by atoms with van der Waals surface area (Å²) in [6.07, 6.45) is 0.852. The molecule has 0 saturated heterocycles. The third-order valence-electron chi connectivity index (χ3n) is 6.97. The Morgan fingerprint density at radius 3 is 1.88 bits per heavy atom. The van der Waals surface area contributed by atoms with Gasteiger partial charge in [-0.05, 0) is 44.6 Å². The van der Waals surface area contributed by atoms with Crippen molar-refractivity contribution in [2.75, 3.05) is 58.9 Å². The Bertz CT molecular complexity index is 1020. The summed E-state index contributed by atoms with van der Waals surface area (Å²) in [5.41, 5.74) is -1.61. The maximum absolute atomic E-state index is 12.3. The van der Waals surface area contributed by atoms with Crippen LogP contribution in [0.15, 0.2) is 35.3 Å². The van der Waals surface area contributed by atoms with E-state index in [0.29, 0.717) is 37.7 Å². The summed E-state index contributed by atoms with van der Waals surface area (Å²) >= 11 is 0. The van der Waals surface area contributed by atoms with E-state index in [9.17, 15) is 35.0 Å². The van der Waals surface area contributed by atoms with Crippen LogP contribution in [0.25, 0.3) is 0 Å². The lowest BCUT2D eigenvalue weighted by Crippen LogP contribution is -2.54. The highest BCUT2D eigenvalue weighted by atomic mass is 16.7. The molecule has 0 unspecified atom stereocenters. The van der Waals surface area contributed by atoms with Crippen molar-refractivity contribution < 1.29 is 34.5 Å². The molecule has 0 spiro atoms. The van der Waals surface area contributed by atoms with Crippen molar-refractivity contribution in [3.63, 3.8) is 0 Å². The molecule has 1 rings (SSSR count). The SMILES string of the molecule is CCN(CC)CCN=C(N(CCCc1ccccc1)CCN(CC)CC)N(C#N)OC(CC(=O)O)(CC(=O)O)C(=O)O. The van der Waals surface area contributed by atoms with Gasteiger partial charge in [0, 0.05) is 26.2 Å². The van der Waals surface area contributed by atoms with Crippen molar-refractivity contribution >= 4 is 23.9 Å². The van der Waals surface area contributed by atoms with Crippen LogP contribution in [0.1, 0.15) is 52.5 Å². The van der Waals surface area contributed by atoms with E-state index in [0.717, 1.165) is 38.2 Å². The number of hydrogen-bond acceptors (Lipinski definition) is 8. The minimum Gasteiger partial charge on any atom is -0.481 e. The van der Waals surface area contributed by atoms with E-state index in [2.05, 4.69) is 14.8 Å². The first kappa shape index (κ1) is 36.3. The molecule has 13 heteroatoms. The van der Waals surface area contributed by atoms with E-state index in [-0.39, 0.29) is 12.5 Å². The number of rotatable bonds is 21. The van der Waals surface area contributed by atoms with Gasteiger partial charge in [-0.2, -0.15) is 5.26 Å². The van der Waals surface area contributed by atoms with Gasteiger partial charge in [0.2, 0.25) is 17.8 Å². The fraction of sp³-hybridized carbons (Fsp3) is 0.621. The molecule has 3 N–H and O–H groups in total. The van der Waals surface area contributed by atoms with Crippen molar-refractivity contribution in [3.05, 3.63) is 35.9 Å². The number of guanidine groups is 1. The Hall–Kier alpha value is -3.73. The number of likely N-dealkylation sites (N-methyl/N-ethyl adjacent to an activating group) is 2. The lowest BCUT2D eigenvalue weighted by atomic mass is 9.95. The second-order valence-electron chi connectivity index (χ2n) is 9.74. The lowest BCUT2D eigenvalue weighted by molar-refractivity contribution is -0.214. The molecule has 0 amide bonds. The van der Waals surface area contributed by atoms with Crippen LogP contribution in [0.3, 0.4) is 0 Å². The Morgan fingerprint density at radius 2 is 1.40 bits per heavy atom. The smallest absolute Gasteiger partial charge is 0.340 e. The van der Waals surface area contributed by atoms with Gasteiger partial charge in [0.15, 0.2) is 0 Å². The fourth-order valence-electron chi connectivity index (χ4n) is 4.44. The molecule has 0 aliphatic rings. The average Bonchev–Trinajstić information content (AvgIpc) is 2.96. The van der Waals surface area contributed by atoms with Crippen molar-refractivity contribution in [1.29, 1.82) is 5.26 Å². The molecule has 0 aromatic heterocycles. The summed E-state index contributed by atoms with van der Waals surface area (Å²) in [6, 6.07) is 9.88. The molecule has 0 fully saturated rings. The number of aliphatic imine (C=N–C) groups is 1. The van der Waals surface area contributed by atoms with Crippen LogP contribution >= 0.6 is 0 Å². The zero-order valence-electron chi connectivity index (χ0n) is 25.2. The maximum atomic E-state index is 12.3. The van der Waals surface area contributed by atoms with E-state index in [1.165, 1.54) is 0 Å². The molecule has 42 heavy (non-hydrogen) atoms. The molecule has 234 valence electrons. The number of nitrogens with zero attached hydrogens (tertiary/aromatic N) is 6. The first-order valence-corrected chi connectivity index (χ1v) is 14.4. The zero-order chi connectivity index (χ0) is 31.5. The Balaban J connectivity index is 3.53. The molecule has 0 atom stereocenters. The minimum absolute atomic E-state index is 0.00581. The third-order valence-corrected chi connectivity index (χ3v) is 6.97. The first-order valence-electron chi connectivity index (χ1n) is 14.4. The second-order valence-corrected chi connectivity index (χ2v) is 9.74. The molecule has 1 aromatic rings. The molecule has 0 heterocycles. The predicted octanol–water partition coefficient (Wildman–Crippen LogP) is 2.45. The molecule has 0 radical (unpaired) electrons. The molecule has 0 aliphatic carbocycles. The van der Waals surface area contributed by atoms with Crippen LogP contribution in [-0.2, 0) is 25.6 Å². The number of carboxylic acids is 3. The summed E-state index contributed by atoms with van der Waals surface area (Å²) in [5.74, 6) is -4.98. The van der Waals surface area contributed by atoms with E-state index in [1.807, 2.05) is 62.9 Å². The first-order chi connectivity index (χ1) is 20.0. The third kappa shape index (κ3) is 12.4. The van der Waals surface area contributed by atoms with Gasteiger partial charge in [-0.15, -0.1) is 5.06 Å². The lowest BCUT2D eigenvalue weighted by Gasteiger charge is -2.35. The summed E-state index contributed by atoms with van der Waals surface area (Å²) < 4.78 is 0.